The van der Waals surface area contributed by atoms with Crippen molar-refractivity contribution in [3.05, 3.63) is 23.9 Å². The molecule has 0 unspecified atom stereocenters. The number of carbonyl (C=O) groups excluding carboxylic acids is 1. The fourth-order valence-electron chi connectivity index (χ4n) is 3.78. The van der Waals surface area contributed by atoms with E-state index in [1.54, 1.807) is 23.2 Å². The Kier molecular flexibility index (Phi) is 6.04. The Bertz CT molecular complexity index is 713. The lowest BCUT2D eigenvalue weighted by molar-refractivity contribution is -0.130. The predicted octanol–water partition coefficient (Wildman–Crippen LogP) is 1.78. The molecule has 7 nitrogen and oxygen atoms in total. The van der Waals surface area contributed by atoms with Crippen LogP contribution in [0.4, 0.5) is 5.82 Å². The Morgan fingerprint density at radius 1 is 1.23 bits per heavy atom. The second-order valence-corrected chi connectivity index (χ2v) is 6.96. The van der Waals surface area contributed by atoms with Crippen molar-refractivity contribution in [1.82, 2.24) is 15.2 Å². The number of nitrogens with one attached hydrogen (secondary N) is 2. The number of hydrogen-bond acceptors (Lipinski definition) is 6. The molecule has 1 amide bonds. The van der Waals surface area contributed by atoms with Gasteiger partial charge in [-0.2, -0.15) is 10.5 Å². The lowest BCUT2D eigenvalue weighted by Gasteiger charge is -2.30. The minimum absolute atomic E-state index is 0.0291. The van der Waals surface area contributed by atoms with Crippen LogP contribution in [-0.4, -0.2) is 47.0 Å². The molecule has 2 heterocycles. The fraction of sp³-hybridized carbons (Fsp3) is 0.579. The summed E-state index contributed by atoms with van der Waals surface area (Å²) < 4.78 is 0. The van der Waals surface area contributed by atoms with Crippen LogP contribution in [0.25, 0.3) is 0 Å². The number of nitriles is 2. The van der Waals surface area contributed by atoms with Gasteiger partial charge in [0.2, 0.25) is 5.91 Å². The average molecular weight is 352 g/mol. The number of carbonyl (C=O) groups is 1. The topological polar surface area (TPSA) is 105 Å². The zero-order valence-electron chi connectivity index (χ0n) is 14.8. The molecule has 0 aromatic carbocycles. The van der Waals surface area contributed by atoms with Gasteiger partial charge < -0.3 is 15.5 Å². The molecule has 1 saturated heterocycles. The molecule has 1 aliphatic carbocycles. The van der Waals surface area contributed by atoms with E-state index in [1.807, 2.05) is 0 Å². The van der Waals surface area contributed by atoms with Crippen LogP contribution in [0, 0.1) is 22.7 Å². The molecule has 1 aliphatic heterocycles. The third-order valence-electron chi connectivity index (χ3n) is 5.26. The van der Waals surface area contributed by atoms with E-state index in [1.165, 1.54) is 0 Å². The molecule has 1 atom stereocenters. The van der Waals surface area contributed by atoms with E-state index in [4.69, 9.17) is 10.5 Å². The summed E-state index contributed by atoms with van der Waals surface area (Å²) in [6.07, 6.45) is 7.28. The van der Waals surface area contributed by atoms with Crippen LogP contribution in [-0.2, 0) is 4.79 Å². The van der Waals surface area contributed by atoms with E-state index >= 15 is 0 Å². The van der Waals surface area contributed by atoms with Crippen LogP contribution < -0.4 is 10.6 Å². The first kappa shape index (κ1) is 18.2. The summed E-state index contributed by atoms with van der Waals surface area (Å²) in [5.41, 5.74) is 0.566. The van der Waals surface area contributed by atoms with Gasteiger partial charge in [0.15, 0.2) is 0 Å². The van der Waals surface area contributed by atoms with Gasteiger partial charge in [0.1, 0.15) is 17.9 Å². The lowest BCUT2D eigenvalue weighted by Crippen LogP contribution is -2.45. The summed E-state index contributed by atoms with van der Waals surface area (Å²) in [6.45, 7) is 1.00. The highest BCUT2D eigenvalue weighted by molar-refractivity contribution is 5.79. The molecule has 3 rings (SSSR count). The van der Waals surface area contributed by atoms with Crippen LogP contribution in [0.3, 0.4) is 0 Å². The number of amides is 1. The fourth-order valence-corrected chi connectivity index (χ4v) is 3.78. The molecule has 2 N–H and O–H groups in total. The van der Waals surface area contributed by atoms with Crippen LogP contribution in [0.5, 0.6) is 0 Å². The van der Waals surface area contributed by atoms with Gasteiger partial charge in [-0.05, 0) is 50.7 Å². The van der Waals surface area contributed by atoms with Crippen LogP contribution in [0.1, 0.15) is 44.1 Å². The number of pyridine rings is 1. The van der Waals surface area contributed by atoms with Crippen molar-refractivity contribution in [1.29, 1.82) is 10.5 Å². The van der Waals surface area contributed by atoms with Crippen molar-refractivity contribution >= 4 is 11.7 Å². The second-order valence-electron chi connectivity index (χ2n) is 6.96. The van der Waals surface area contributed by atoms with Gasteiger partial charge in [-0.1, -0.05) is 0 Å². The Morgan fingerprint density at radius 3 is 2.73 bits per heavy atom. The summed E-state index contributed by atoms with van der Waals surface area (Å²) in [4.78, 5) is 18.2. The summed E-state index contributed by atoms with van der Waals surface area (Å²) >= 11 is 0. The van der Waals surface area contributed by atoms with Gasteiger partial charge in [-0.3, -0.25) is 4.79 Å². The van der Waals surface area contributed by atoms with Gasteiger partial charge in [0, 0.05) is 24.8 Å². The Hall–Kier alpha value is -2.64. The van der Waals surface area contributed by atoms with Crippen LogP contribution in [0.2, 0.25) is 0 Å². The van der Waals surface area contributed by atoms with Gasteiger partial charge in [-0.15, -0.1) is 0 Å². The predicted molar refractivity (Wildman–Crippen MR) is 97.0 cm³/mol. The maximum absolute atomic E-state index is 12.3. The molecule has 0 spiro atoms. The summed E-state index contributed by atoms with van der Waals surface area (Å²) in [7, 11) is 0. The minimum Gasteiger partial charge on any atom is -0.366 e. The first-order chi connectivity index (χ1) is 12.7. The van der Waals surface area contributed by atoms with E-state index < -0.39 is 0 Å². The van der Waals surface area contributed by atoms with E-state index in [0.29, 0.717) is 36.6 Å². The average Bonchev–Trinajstić information content (AvgIpc) is 3.16. The van der Waals surface area contributed by atoms with Gasteiger partial charge in [0.25, 0.3) is 0 Å². The van der Waals surface area contributed by atoms with Crippen LogP contribution in [0.15, 0.2) is 18.3 Å². The first-order valence-electron chi connectivity index (χ1n) is 9.25. The second kappa shape index (κ2) is 8.64. The Balaban J connectivity index is 1.42. The minimum atomic E-state index is -0.253. The highest BCUT2D eigenvalue weighted by atomic mass is 16.2. The van der Waals surface area contributed by atoms with E-state index in [0.717, 1.165) is 38.5 Å². The molecule has 7 heteroatoms. The quantitative estimate of drug-likeness (QED) is 0.837. The highest BCUT2D eigenvalue weighted by Crippen LogP contribution is 2.23. The number of aromatic nitrogens is 1. The van der Waals surface area contributed by atoms with Crippen molar-refractivity contribution < 1.29 is 4.79 Å². The maximum atomic E-state index is 12.3. The standard InChI is InChI=1S/C19H24N6O/c20-11-14-3-1-9-22-19(14)24-16-7-5-15(6-8-16)23-13-18(26)25-10-2-4-17(25)12-21/h1,3,9,15-17,23H,2,4-8,10,13H2,(H,22,24)/t15?,16?,17-/m0/s1. The Labute approximate surface area is 154 Å². The normalized spacial score (nSPS) is 25.3. The molecule has 1 saturated carbocycles. The molecule has 2 aliphatic rings. The SMILES string of the molecule is N#Cc1cccnc1NC1CCC(NCC(=O)N2CCC[C@H]2C#N)CC1. The first-order valence-corrected chi connectivity index (χ1v) is 9.25. The summed E-state index contributed by atoms with van der Waals surface area (Å²) in [5, 5.41) is 25.0. The van der Waals surface area contributed by atoms with Crippen molar-refractivity contribution in [2.75, 3.05) is 18.4 Å². The zero-order valence-corrected chi connectivity index (χ0v) is 14.8. The molecule has 0 radical (unpaired) electrons. The molecule has 0 bridgehead atoms. The third kappa shape index (κ3) is 4.30. The van der Waals surface area contributed by atoms with E-state index in [-0.39, 0.29) is 11.9 Å². The molecule has 1 aromatic rings. The van der Waals surface area contributed by atoms with Crippen molar-refractivity contribution in [2.24, 2.45) is 0 Å². The third-order valence-corrected chi connectivity index (χ3v) is 5.26. The maximum Gasteiger partial charge on any atom is 0.237 e. The molecule has 2 fully saturated rings. The smallest absolute Gasteiger partial charge is 0.237 e. The van der Waals surface area contributed by atoms with Crippen molar-refractivity contribution in [3.63, 3.8) is 0 Å². The molecule has 1 aromatic heterocycles. The monoisotopic (exact) mass is 352 g/mol. The lowest BCUT2D eigenvalue weighted by atomic mass is 9.91. The van der Waals surface area contributed by atoms with Gasteiger partial charge in [-0.25, -0.2) is 4.98 Å². The molecular formula is C19H24N6O. The van der Waals surface area contributed by atoms with Crippen molar-refractivity contribution in [3.8, 4) is 12.1 Å². The largest absolute Gasteiger partial charge is 0.366 e. The number of rotatable bonds is 5. The Morgan fingerprint density at radius 2 is 2.00 bits per heavy atom. The van der Waals surface area contributed by atoms with Crippen LogP contribution >= 0.6 is 0 Å². The summed E-state index contributed by atoms with van der Waals surface area (Å²) in [5.74, 6) is 0.680. The van der Waals surface area contributed by atoms with Gasteiger partial charge >= 0.3 is 0 Å². The number of hydrogen-bond donors (Lipinski definition) is 2. The number of nitrogens with zero attached hydrogens (tertiary/aromatic N) is 4. The number of anilines is 1. The molecule has 26 heavy (non-hydrogen) atoms. The molecular weight excluding hydrogens is 328 g/mol. The van der Waals surface area contributed by atoms with Crippen molar-refractivity contribution in [2.45, 2.75) is 56.7 Å². The van der Waals surface area contributed by atoms with Gasteiger partial charge in [0.05, 0.1) is 18.2 Å². The highest BCUT2D eigenvalue weighted by Gasteiger charge is 2.29. The summed E-state index contributed by atoms with van der Waals surface area (Å²) in [6, 6.07) is 8.26. The number of likely N-dealkylation sites (tertiary alicyclic amines) is 1. The van der Waals surface area contributed by atoms with E-state index in [9.17, 15) is 4.79 Å². The zero-order chi connectivity index (χ0) is 18.4. The molecule has 136 valence electrons. The van der Waals surface area contributed by atoms with E-state index in [2.05, 4.69) is 27.8 Å².